The van der Waals surface area contributed by atoms with Gasteiger partial charge in [-0.3, -0.25) is 18.7 Å². The summed E-state index contributed by atoms with van der Waals surface area (Å²) in [6.07, 6.45) is 4.98. The lowest BCUT2D eigenvalue weighted by Crippen LogP contribution is -2.45. The van der Waals surface area contributed by atoms with Crippen molar-refractivity contribution in [3.8, 4) is 5.75 Å². The van der Waals surface area contributed by atoms with E-state index in [1.807, 2.05) is 6.07 Å². The first-order valence-electron chi connectivity index (χ1n) is 12.6. The first-order valence-corrected chi connectivity index (χ1v) is 16.0. The Kier molecular flexibility index (Phi) is 7.98. The van der Waals surface area contributed by atoms with E-state index in [0.717, 1.165) is 38.5 Å². The minimum Gasteiger partial charge on any atom is -0.508 e. The lowest BCUT2D eigenvalue weighted by atomic mass is 9.55. The van der Waals surface area contributed by atoms with Gasteiger partial charge in [-0.25, -0.2) is 0 Å². The highest BCUT2D eigenvalue weighted by Crippen LogP contribution is 2.62. The number of carbonyl (C=O) groups is 2. The molecule has 0 radical (unpaired) electrons. The fourth-order valence-electron chi connectivity index (χ4n) is 6.91. The monoisotopic (exact) mass is 559 g/mol. The van der Waals surface area contributed by atoms with Crippen molar-refractivity contribution >= 4 is 27.1 Å². The molecule has 0 aromatic heterocycles. The number of hydrogen-bond acceptors (Lipinski definition) is 6. The number of amides is 1. The number of ether oxygens (including phenoxy) is 1. The molecule has 0 bridgehead atoms. The zero-order valence-electron chi connectivity index (χ0n) is 20.7. The van der Waals surface area contributed by atoms with Gasteiger partial charge in [0.05, 0.1) is 0 Å². The predicted octanol–water partition coefficient (Wildman–Crippen LogP) is 3.09. The lowest BCUT2D eigenvalue weighted by Gasteiger charge is -2.50. The third-order valence-corrected chi connectivity index (χ3v) is 11.9. The fraction of sp³-hybridized carbons (Fsp3) is 0.667. The molecule has 11 nitrogen and oxygen atoms in total. The number of aryl methyl sites for hydroxylation is 1. The molecule has 1 aromatic carbocycles. The molecule has 6 N–H and O–H groups in total. The average molecular weight is 559 g/mol. The lowest BCUT2D eigenvalue weighted by molar-refractivity contribution is -0.157. The molecular formula is C24H35NO10P2. The second kappa shape index (κ2) is 10.4. The van der Waals surface area contributed by atoms with Crippen LogP contribution in [0.4, 0.5) is 0 Å². The second-order valence-electron chi connectivity index (χ2n) is 10.9. The molecule has 1 aromatic rings. The summed E-state index contributed by atoms with van der Waals surface area (Å²) < 4.78 is 28.5. The van der Waals surface area contributed by atoms with Gasteiger partial charge in [0, 0.05) is 18.3 Å². The maximum atomic E-state index is 12.6. The molecule has 0 aliphatic heterocycles. The van der Waals surface area contributed by atoms with Crippen LogP contribution < -0.4 is 5.32 Å². The van der Waals surface area contributed by atoms with Crippen molar-refractivity contribution in [3.05, 3.63) is 29.3 Å². The van der Waals surface area contributed by atoms with Crippen molar-refractivity contribution < 1.29 is 48.1 Å². The van der Waals surface area contributed by atoms with Crippen LogP contribution in [0.15, 0.2) is 18.2 Å². The van der Waals surface area contributed by atoms with Gasteiger partial charge >= 0.3 is 21.2 Å². The Morgan fingerprint density at radius 2 is 1.78 bits per heavy atom. The highest BCUT2D eigenvalue weighted by molar-refractivity contribution is 7.70. The van der Waals surface area contributed by atoms with Gasteiger partial charge in [-0.05, 0) is 86.0 Å². The number of phenols is 1. The number of hydrogen-bond donors (Lipinski definition) is 6. The summed E-state index contributed by atoms with van der Waals surface area (Å²) in [4.78, 5) is 61.0. The summed E-state index contributed by atoms with van der Waals surface area (Å²) in [5.41, 5.74) is -0.192. The summed E-state index contributed by atoms with van der Waals surface area (Å²) in [5.74, 6) is 0.231. The molecule has 0 unspecified atom stereocenters. The first-order chi connectivity index (χ1) is 17.2. The summed E-state index contributed by atoms with van der Waals surface area (Å²) in [6, 6.07) is 5.68. The van der Waals surface area contributed by atoms with Gasteiger partial charge in [0.25, 0.3) is 0 Å². The average Bonchev–Trinajstić information content (AvgIpc) is 3.11. The van der Waals surface area contributed by atoms with Gasteiger partial charge in [0.2, 0.25) is 11.4 Å². The Morgan fingerprint density at radius 3 is 2.46 bits per heavy atom. The van der Waals surface area contributed by atoms with Crippen LogP contribution in [-0.2, 0) is 29.9 Å². The van der Waals surface area contributed by atoms with E-state index in [1.54, 1.807) is 11.4 Å². The van der Waals surface area contributed by atoms with E-state index in [-0.39, 0.29) is 30.8 Å². The summed E-state index contributed by atoms with van der Waals surface area (Å²) in [5, 5.41) is 11.5. The second-order valence-corrected chi connectivity index (χ2v) is 14.7. The number of aromatic hydroxyl groups is 1. The number of esters is 1. The molecule has 5 atom stereocenters. The predicted molar refractivity (Wildman–Crippen MR) is 132 cm³/mol. The molecule has 4 rings (SSSR count). The van der Waals surface area contributed by atoms with Crippen LogP contribution in [0.3, 0.4) is 0 Å². The molecule has 206 valence electrons. The highest BCUT2D eigenvalue weighted by Gasteiger charge is 2.56. The van der Waals surface area contributed by atoms with E-state index in [4.69, 9.17) is 24.3 Å². The quantitative estimate of drug-likeness (QED) is 0.204. The molecule has 3 aliphatic carbocycles. The van der Waals surface area contributed by atoms with Gasteiger partial charge in [-0.1, -0.05) is 13.0 Å². The van der Waals surface area contributed by atoms with Crippen LogP contribution in [0.5, 0.6) is 5.75 Å². The zero-order chi connectivity index (χ0) is 27.2. The maximum Gasteiger partial charge on any atom is 0.360 e. The van der Waals surface area contributed by atoms with Crippen molar-refractivity contribution in [2.75, 3.05) is 0 Å². The van der Waals surface area contributed by atoms with E-state index in [2.05, 4.69) is 13.0 Å². The van der Waals surface area contributed by atoms with Crippen molar-refractivity contribution in [2.45, 2.75) is 82.3 Å². The number of nitrogens with one attached hydrogen (secondary N) is 1. The summed E-state index contributed by atoms with van der Waals surface area (Å²) >= 11 is 0. The van der Waals surface area contributed by atoms with Crippen molar-refractivity contribution in [2.24, 2.45) is 17.3 Å². The van der Waals surface area contributed by atoms with E-state index in [1.165, 1.54) is 11.1 Å². The van der Waals surface area contributed by atoms with Crippen LogP contribution in [0, 0.1) is 17.3 Å². The highest BCUT2D eigenvalue weighted by atomic mass is 31.2. The first kappa shape index (κ1) is 28.3. The number of fused-ring (bicyclic) bond motifs is 5. The largest absolute Gasteiger partial charge is 0.508 e. The minimum absolute atomic E-state index is 0.0148. The molecule has 0 heterocycles. The Morgan fingerprint density at radius 1 is 1.08 bits per heavy atom. The topological polar surface area (TPSA) is 191 Å². The molecule has 1 amide bonds. The zero-order valence-corrected chi connectivity index (χ0v) is 22.4. The molecule has 13 heteroatoms. The maximum absolute atomic E-state index is 12.6. The fourth-order valence-corrected chi connectivity index (χ4v) is 9.10. The van der Waals surface area contributed by atoms with Gasteiger partial charge < -0.3 is 34.7 Å². The molecular weight excluding hydrogens is 524 g/mol. The number of benzene rings is 1. The van der Waals surface area contributed by atoms with E-state index < -0.39 is 32.6 Å². The van der Waals surface area contributed by atoms with Gasteiger partial charge in [0.1, 0.15) is 11.9 Å². The minimum atomic E-state index is -5.27. The number of rotatable bonds is 8. The Hall–Kier alpha value is -1.74. The standard InChI is InChI=1S/C24H35NO10P2/c1-24-12-11-17-16-8-6-15(26)13-14(16)5-7-18(17)19(24)9-10-20(24)35-22(28)4-2-3-21(27)25-23(36(29,30)31)37(32,33)34/h6,8,13,17-20,23,26H,2-5,7,9-12H2,1H3,(H,25,27)(H2,29,30,31)(H2,32,33,34)/t17-,18-,19+,20+,24+/m1/s1. The van der Waals surface area contributed by atoms with Crippen LogP contribution in [-0.4, -0.2) is 48.2 Å². The Balaban J connectivity index is 1.30. The Bertz CT molecular complexity index is 1120. The van der Waals surface area contributed by atoms with E-state index in [0.29, 0.717) is 23.5 Å². The Labute approximate surface area is 215 Å². The van der Waals surface area contributed by atoms with E-state index in [9.17, 15) is 23.8 Å². The third-order valence-electron chi connectivity index (χ3n) is 8.61. The normalized spacial score (nSPS) is 29.2. The van der Waals surface area contributed by atoms with Crippen molar-refractivity contribution in [3.63, 3.8) is 0 Å². The van der Waals surface area contributed by atoms with Crippen LogP contribution >= 0.6 is 15.2 Å². The van der Waals surface area contributed by atoms with Crippen LogP contribution in [0.1, 0.15) is 75.3 Å². The molecule has 2 saturated carbocycles. The van der Waals surface area contributed by atoms with E-state index >= 15 is 0 Å². The van der Waals surface area contributed by atoms with Crippen LogP contribution in [0.25, 0.3) is 0 Å². The summed E-state index contributed by atoms with van der Waals surface area (Å²) in [7, 11) is -10.5. The molecule has 37 heavy (non-hydrogen) atoms. The summed E-state index contributed by atoms with van der Waals surface area (Å²) in [6.45, 7) is 2.20. The SMILES string of the molecule is C[C@]12CC[C@@H]3c4ccc(O)cc4CC[C@H]3[C@@H]1CC[C@@H]2OC(=O)CCCC(=O)NC(P(=O)(O)O)P(=O)(O)O. The molecule has 0 saturated heterocycles. The number of phenolic OH excluding ortho intramolecular Hbond substituents is 1. The molecule has 0 spiro atoms. The smallest absolute Gasteiger partial charge is 0.360 e. The van der Waals surface area contributed by atoms with Crippen molar-refractivity contribution in [1.82, 2.24) is 5.32 Å². The van der Waals surface area contributed by atoms with Gasteiger partial charge in [-0.2, -0.15) is 0 Å². The van der Waals surface area contributed by atoms with Gasteiger partial charge in [-0.15, -0.1) is 0 Å². The van der Waals surface area contributed by atoms with Crippen LogP contribution in [0.2, 0.25) is 0 Å². The van der Waals surface area contributed by atoms with Crippen molar-refractivity contribution in [1.29, 1.82) is 0 Å². The molecule has 2 fully saturated rings. The molecule has 3 aliphatic rings. The number of carbonyl (C=O) groups excluding carboxylic acids is 2. The third kappa shape index (κ3) is 5.97. The van der Waals surface area contributed by atoms with Gasteiger partial charge in [0.15, 0.2) is 0 Å².